The second-order valence-electron chi connectivity index (χ2n) is 7.20. The first-order valence-electron chi connectivity index (χ1n) is 9.91. The van der Waals surface area contributed by atoms with Gasteiger partial charge in [0.15, 0.2) is 5.96 Å². The average Bonchev–Trinajstić information content (AvgIpc) is 2.68. The van der Waals surface area contributed by atoms with Crippen LogP contribution in [-0.4, -0.2) is 56.5 Å². The van der Waals surface area contributed by atoms with E-state index >= 15 is 0 Å². The van der Waals surface area contributed by atoms with Crippen LogP contribution in [0.25, 0.3) is 0 Å². The van der Waals surface area contributed by atoms with E-state index in [2.05, 4.69) is 64.0 Å². The molecule has 0 aliphatic heterocycles. The average molecular weight is 503 g/mol. The Morgan fingerprint density at radius 3 is 2.18 bits per heavy atom. The van der Waals surface area contributed by atoms with Gasteiger partial charge in [-0.1, -0.05) is 44.2 Å². The molecule has 0 saturated heterocycles. The van der Waals surface area contributed by atoms with Crippen LogP contribution in [0.2, 0.25) is 0 Å². The maximum absolute atomic E-state index is 12.2. The van der Waals surface area contributed by atoms with Gasteiger partial charge in [-0.3, -0.25) is 14.7 Å². The van der Waals surface area contributed by atoms with Gasteiger partial charge in [-0.05, 0) is 39.4 Å². The number of halogens is 1. The lowest BCUT2D eigenvalue weighted by molar-refractivity contribution is -0.128. The molecule has 0 radical (unpaired) electrons. The SMILES string of the molecule is CCNC(=O)C(C)(C)CNC(=NC)NCC(c1ccccc1)N(CC)CC.I. The number of likely N-dealkylation sites (N-methyl/N-ethyl adjacent to an activating group) is 1. The van der Waals surface area contributed by atoms with Crippen molar-refractivity contribution in [1.29, 1.82) is 0 Å². The number of hydrogen-bond acceptors (Lipinski definition) is 3. The number of nitrogens with one attached hydrogen (secondary N) is 3. The minimum Gasteiger partial charge on any atom is -0.356 e. The van der Waals surface area contributed by atoms with Crippen LogP contribution in [0.3, 0.4) is 0 Å². The van der Waals surface area contributed by atoms with Crippen molar-refractivity contribution in [2.24, 2.45) is 10.4 Å². The molecule has 1 rings (SSSR count). The molecule has 1 unspecified atom stereocenters. The van der Waals surface area contributed by atoms with Crippen molar-refractivity contribution >= 4 is 35.8 Å². The minimum atomic E-state index is -0.509. The lowest BCUT2D eigenvalue weighted by atomic mass is 9.92. The number of carbonyl (C=O) groups is 1. The van der Waals surface area contributed by atoms with Gasteiger partial charge in [0.05, 0.1) is 11.5 Å². The van der Waals surface area contributed by atoms with Crippen molar-refractivity contribution in [2.45, 2.75) is 40.7 Å². The highest BCUT2D eigenvalue weighted by Gasteiger charge is 2.27. The van der Waals surface area contributed by atoms with E-state index in [4.69, 9.17) is 0 Å². The molecule has 7 heteroatoms. The van der Waals surface area contributed by atoms with Gasteiger partial charge in [-0.25, -0.2) is 0 Å². The van der Waals surface area contributed by atoms with E-state index < -0.39 is 5.41 Å². The van der Waals surface area contributed by atoms with E-state index in [0.29, 0.717) is 19.0 Å². The number of guanidine groups is 1. The summed E-state index contributed by atoms with van der Waals surface area (Å²) < 4.78 is 0. The molecule has 0 heterocycles. The minimum absolute atomic E-state index is 0. The van der Waals surface area contributed by atoms with Crippen molar-refractivity contribution in [1.82, 2.24) is 20.9 Å². The lowest BCUT2D eigenvalue weighted by Crippen LogP contribution is -2.49. The van der Waals surface area contributed by atoms with Gasteiger partial charge in [0.2, 0.25) is 5.91 Å². The molecule has 1 amide bonds. The van der Waals surface area contributed by atoms with Gasteiger partial charge in [-0.2, -0.15) is 0 Å². The second-order valence-corrected chi connectivity index (χ2v) is 7.20. The molecule has 0 aliphatic carbocycles. The number of carbonyl (C=O) groups excluding carboxylic acids is 1. The highest BCUT2D eigenvalue weighted by molar-refractivity contribution is 14.0. The molecular formula is C21H38IN5O. The van der Waals surface area contributed by atoms with Crippen LogP contribution in [0, 0.1) is 5.41 Å². The van der Waals surface area contributed by atoms with Gasteiger partial charge < -0.3 is 16.0 Å². The quantitative estimate of drug-likeness (QED) is 0.261. The van der Waals surface area contributed by atoms with Crippen LogP contribution < -0.4 is 16.0 Å². The predicted octanol–water partition coefficient (Wildman–Crippen LogP) is 3.01. The topological polar surface area (TPSA) is 68.8 Å². The van der Waals surface area contributed by atoms with E-state index in [1.54, 1.807) is 7.05 Å². The second kappa shape index (κ2) is 13.8. The van der Waals surface area contributed by atoms with Crippen LogP contribution in [0.1, 0.15) is 46.2 Å². The highest BCUT2D eigenvalue weighted by Crippen LogP contribution is 2.19. The Hall–Kier alpha value is -1.35. The van der Waals surface area contributed by atoms with Crippen LogP contribution >= 0.6 is 24.0 Å². The third-order valence-corrected chi connectivity index (χ3v) is 4.77. The van der Waals surface area contributed by atoms with E-state index in [-0.39, 0.29) is 35.9 Å². The van der Waals surface area contributed by atoms with Crippen molar-refractivity contribution < 1.29 is 4.79 Å². The molecule has 0 spiro atoms. The fourth-order valence-corrected chi connectivity index (χ4v) is 3.00. The third kappa shape index (κ3) is 8.34. The highest BCUT2D eigenvalue weighted by atomic mass is 127. The molecule has 6 nitrogen and oxygen atoms in total. The van der Waals surface area contributed by atoms with E-state index in [9.17, 15) is 4.79 Å². The molecule has 1 atom stereocenters. The van der Waals surface area contributed by atoms with Crippen LogP contribution in [0.4, 0.5) is 0 Å². The normalized spacial score (nSPS) is 12.9. The van der Waals surface area contributed by atoms with Gasteiger partial charge >= 0.3 is 0 Å². The summed E-state index contributed by atoms with van der Waals surface area (Å²) in [6.45, 7) is 14.0. The number of aliphatic imine (C=N–C) groups is 1. The molecule has 160 valence electrons. The van der Waals surface area contributed by atoms with Crippen LogP contribution in [0.5, 0.6) is 0 Å². The molecule has 0 bridgehead atoms. The summed E-state index contributed by atoms with van der Waals surface area (Å²) >= 11 is 0. The summed E-state index contributed by atoms with van der Waals surface area (Å²) in [5.41, 5.74) is 0.775. The zero-order chi connectivity index (χ0) is 20.3. The zero-order valence-electron chi connectivity index (χ0n) is 18.2. The molecule has 3 N–H and O–H groups in total. The summed E-state index contributed by atoms with van der Waals surface area (Å²) in [6, 6.07) is 10.8. The first kappa shape index (κ1) is 26.6. The van der Waals surface area contributed by atoms with Crippen molar-refractivity contribution in [2.75, 3.05) is 39.8 Å². The Morgan fingerprint density at radius 1 is 1.07 bits per heavy atom. The third-order valence-electron chi connectivity index (χ3n) is 4.77. The smallest absolute Gasteiger partial charge is 0.227 e. The molecule has 28 heavy (non-hydrogen) atoms. The van der Waals surface area contributed by atoms with Gasteiger partial charge in [-0.15, -0.1) is 24.0 Å². The number of rotatable bonds is 10. The molecule has 0 aliphatic rings. The molecule has 0 fully saturated rings. The van der Waals surface area contributed by atoms with Crippen molar-refractivity contribution in [3.63, 3.8) is 0 Å². The molecule has 1 aromatic carbocycles. The summed E-state index contributed by atoms with van der Waals surface area (Å²) in [5, 5.41) is 9.60. The Morgan fingerprint density at radius 2 is 1.68 bits per heavy atom. The standard InChI is InChI=1S/C21H37N5O.HI/c1-7-23-19(27)21(4,5)16-25-20(22-6)24-15-18(26(8-2)9-3)17-13-11-10-12-14-17;/h10-14,18H,7-9,15-16H2,1-6H3,(H,23,27)(H2,22,24,25);1H. The fourth-order valence-electron chi connectivity index (χ4n) is 3.00. The first-order chi connectivity index (χ1) is 12.9. The number of amides is 1. The maximum Gasteiger partial charge on any atom is 0.227 e. The molecule has 0 saturated carbocycles. The monoisotopic (exact) mass is 503 g/mol. The van der Waals surface area contributed by atoms with E-state index in [1.807, 2.05) is 26.8 Å². The lowest BCUT2D eigenvalue weighted by Gasteiger charge is -2.31. The van der Waals surface area contributed by atoms with E-state index in [0.717, 1.165) is 19.6 Å². The Bertz CT molecular complexity index is 588. The van der Waals surface area contributed by atoms with Gasteiger partial charge in [0, 0.05) is 26.7 Å². The van der Waals surface area contributed by atoms with Gasteiger partial charge in [0.1, 0.15) is 0 Å². The van der Waals surface area contributed by atoms with E-state index in [1.165, 1.54) is 5.56 Å². The first-order valence-corrected chi connectivity index (χ1v) is 9.91. The van der Waals surface area contributed by atoms with Crippen molar-refractivity contribution in [3.05, 3.63) is 35.9 Å². The maximum atomic E-state index is 12.2. The zero-order valence-corrected chi connectivity index (χ0v) is 20.5. The molecular weight excluding hydrogens is 465 g/mol. The summed E-state index contributed by atoms with van der Waals surface area (Å²) in [7, 11) is 1.75. The Balaban J connectivity index is 0.00000729. The molecule has 0 aromatic heterocycles. The summed E-state index contributed by atoms with van der Waals surface area (Å²) in [5.74, 6) is 0.749. The summed E-state index contributed by atoms with van der Waals surface area (Å²) in [6.07, 6.45) is 0. The Labute approximate surface area is 188 Å². The fraction of sp³-hybridized carbons (Fsp3) is 0.619. The number of benzene rings is 1. The largest absolute Gasteiger partial charge is 0.356 e. The Kier molecular flexibility index (Phi) is 13.1. The van der Waals surface area contributed by atoms with Gasteiger partial charge in [0.25, 0.3) is 0 Å². The van der Waals surface area contributed by atoms with Crippen LogP contribution in [0.15, 0.2) is 35.3 Å². The summed E-state index contributed by atoms with van der Waals surface area (Å²) in [4.78, 5) is 18.9. The van der Waals surface area contributed by atoms with Crippen LogP contribution in [-0.2, 0) is 4.79 Å². The number of nitrogens with zero attached hydrogens (tertiary/aromatic N) is 2. The number of hydrogen-bond donors (Lipinski definition) is 3. The molecule has 1 aromatic rings. The van der Waals surface area contributed by atoms with Crippen molar-refractivity contribution in [3.8, 4) is 0 Å². The predicted molar refractivity (Wildman–Crippen MR) is 129 cm³/mol.